The predicted octanol–water partition coefficient (Wildman–Crippen LogP) is 4.52. The average molecular weight is 515 g/mol. The Bertz CT molecular complexity index is 1370. The number of amides is 1. The molecule has 35 heavy (non-hydrogen) atoms. The van der Waals surface area contributed by atoms with E-state index in [-0.39, 0.29) is 24.2 Å². The lowest BCUT2D eigenvalue weighted by Gasteiger charge is -2.13. The van der Waals surface area contributed by atoms with Gasteiger partial charge in [-0.05, 0) is 19.2 Å². The molecule has 0 aliphatic rings. The molecule has 0 unspecified atom stereocenters. The maximum atomic E-state index is 12.8. The van der Waals surface area contributed by atoms with Crippen molar-refractivity contribution in [3.05, 3.63) is 47.0 Å². The van der Waals surface area contributed by atoms with Crippen LogP contribution in [-0.4, -0.2) is 46.3 Å². The lowest BCUT2D eigenvalue weighted by Crippen LogP contribution is -2.21. The van der Waals surface area contributed by atoms with Gasteiger partial charge < -0.3 is 25.0 Å². The highest BCUT2D eigenvalue weighted by molar-refractivity contribution is 7.98. The molecule has 4 aromatic rings. The number of hydrogen-bond acceptors (Lipinski definition) is 9. The van der Waals surface area contributed by atoms with E-state index in [9.17, 15) is 4.79 Å². The van der Waals surface area contributed by atoms with Crippen molar-refractivity contribution in [3.63, 3.8) is 0 Å². The van der Waals surface area contributed by atoms with Gasteiger partial charge in [-0.2, -0.15) is 10.1 Å². The molecule has 3 N–H and O–H groups in total. The Labute approximate surface area is 210 Å². The lowest BCUT2D eigenvalue weighted by molar-refractivity contribution is -0.116. The Kier molecular flexibility index (Phi) is 7.17. The molecule has 0 radical (unpaired) electrons. The van der Waals surface area contributed by atoms with Gasteiger partial charge in [0, 0.05) is 11.6 Å². The van der Waals surface area contributed by atoms with E-state index >= 15 is 0 Å². The van der Waals surface area contributed by atoms with E-state index in [1.54, 1.807) is 12.1 Å². The Morgan fingerprint density at radius 2 is 1.91 bits per heavy atom. The molecule has 1 amide bonds. The summed E-state index contributed by atoms with van der Waals surface area (Å²) in [5, 5.41) is 12.2. The highest BCUT2D eigenvalue weighted by atomic mass is 35.5. The van der Waals surface area contributed by atoms with E-state index in [2.05, 4.69) is 20.6 Å². The Morgan fingerprint density at radius 1 is 1.20 bits per heavy atom. The van der Waals surface area contributed by atoms with Crippen molar-refractivity contribution >= 4 is 40.8 Å². The first-order valence-corrected chi connectivity index (χ1v) is 12.0. The SMILES string of the molecule is COc1cc(OC)c(NC(=O)Cn2nc(SC)c(-c3nc(-c4ccc(C)cc4)no3)c2N)cc1Cl. The molecule has 12 heteroatoms. The number of carbonyl (C=O) groups excluding carboxylic acids is 1. The second-order valence-electron chi connectivity index (χ2n) is 7.45. The molecule has 0 aliphatic heterocycles. The first-order chi connectivity index (χ1) is 16.8. The molecular weight excluding hydrogens is 492 g/mol. The number of rotatable bonds is 8. The monoisotopic (exact) mass is 514 g/mol. The Hall–Kier alpha value is -3.70. The van der Waals surface area contributed by atoms with Gasteiger partial charge in [-0.3, -0.25) is 4.79 Å². The molecule has 182 valence electrons. The maximum Gasteiger partial charge on any atom is 0.264 e. The lowest BCUT2D eigenvalue weighted by atomic mass is 10.1. The summed E-state index contributed by atoms with van der Waals surface area (Å²) in [5.74, 6) is 1.31. The zero-order chi connectivity index (χ0) is 25.1. The van der Waals surface area contributed by atoms with Crippen LogP contribution in [0.3, 0.4) is 0 Å². The van der Waals surface area contributed by atoms with Crippen LogP contribution in [0.4, 0.5) is 11.5 Å². The smallest absolute Gasteiger partial charge is 0.264 e. The van der Waals surface area contributed by atoms with E-state index in [0.29, 0.717) is 38.6 Å². The van der Waals surface area contributed by atoms with Crippen LogP contribution in [0.5, 0.6) is 11.5 Å². The van der Waals surface area contributed by atoms with Crippen LogP contribution in [0.2, 0.25) is 5.02 Å². The first-order valence-electron chi connectivity index (χ1n) is 10.4. The Balaban J connectivity index is 1.58. The summed E-state index contributed by atoms with van der Waals surface area (Å²) in [5.41, 5.74) is 9.16. The van der Waals surface area contributed by atoms with Gasteiger partial charge in [0.1, 0.15) is 34.5 Å². The minimum absolute atomic E-state index is 0.162. The summed E-state index contributed by atoms with van der Waals surface area (Å²) < 4.78 is 17.4. The minimum atomic E-state index is -0.385. The van der Waals surface area contributed by atoms with Crippen LogP contribution in [0, 0.1) is 6.92 Å². The quantitative estimate of drug-likeness (QED) is 0.326. The molecule has 2 aromatic carbocycles. The number of nitrogens with zero attached hydrogens (tertiary/aromatic N) is 4. The van der Waals surface area contributed by atoms with Crippen LogP contribution in [0.25, 0.3) is 22.8 Å². The van der Waals surface area contributed by atoms with E-state index in [4.69, 9.17) is 31.3 Å². The van der Waals surface area contributed by atoms with Crippen LogP contribution < -0.4 is 20.5 Å². The highest BCUT2D eigenvalue weighted by Crippen LogP contribution is 2.37. The van der Waals surface area contributed by atoms with Gasteiger partial charge in [-0.25, -0.2) is 4.68 Å². The molecule has 0 fully saturated rings. The summed E-state index contributed by atoms with van der Waals surface area (Å²) in [7, 11) is 2.98. The summed E-state index contributed by atoms with van der Waals surface area (Å²) in [6.07, 6.45) is 1.84. The van der Waals surface area contributed by atoms with E-state index in [1.165, 1.54) is 30.7 Å². The molecule has 0 saturated carbocycles. The maximum absolute atomic E-state index is 12.8. The first kappa shape index (κ1) is 24.4. The number of aryl methyl sites for hydroxylation is 1. The standard InChI is InChI=1S/C23H23ClN6O4S/c1-12-5-7-13(8-6-12)21-27-22(34-29-21)19-20(25)30(28-23(19)35-4)11-18(31)26-15-9-14(24)16(32-2)10-17(15)33-3/h5-10H,11,25H2,1-4H3,(H,26,31). The molecule has 2 aromatic heterocycles. The fourth-order valence-electron chi connectivity index (χ4n) is 3.34. The van der Waals surface area contributed by atoms with Crippen LogP contribution in [0.15, 0.2) is 45.9 Å². The Morgan fingerprint density at radius 3 is 2.57 bits per heavy atom. The number of halogens is 1. The number of aromatic nitrogens is 4. The minimum Gasteiger partial charge on any atom is -0.495 e. The fraction of sp³-hybridized carbons (Fsp3) is 0.217. The van der Waals surface area contributed by atoms with Gasteiger partial charge in [-0.1, -0.05) is 46.6 Å². The van der Waals surface area contributed by atoms with Crippen molar-refractivity contribution in [3.8, 4) is 34.3 Å². The van der Waals surface area contributed by atoms with Gasteiger partial charge in [-0.15, -0.1) is 11.8 Å². The third-order valence-electron chi connectivity index (χ3n) is 5.14. The fourth-order valence-corrected chi connectivity index (χ4v) is 4.16. The number of nitrogens with two attached hydrogens (primary N) is 1. The van der Waals surface area contributed by atoms with Gasteiger partial charge in [0.05, 0.1) is 24.9 Å². The molecule has 10 nitrogen and oxygen atoms in total. The van der Waals surface area contributed by atoms with Crippen molar-refractivity contribution < 1.29 is 18.8 Å². The normalized spacial score (nSPS) is 10.9. The summed E-state index contributed by atoms with van der Waals surface area (Å²) >= 11 is 7.55. The van der Waals surface area contributed by atoms with Crippen molar-refractivity contribution in [1.29, 1.82) is 0 Å². The largest absolute Gasteiger partial charge is 0.495 e. The molecule has 0 saturated heterocycles. The van der Waals surface area contributed by atoms with Gasteiger partial charge in [0.15, 0.2) is 0 Å². The molecule has 2 heterocycles. The zero-order valence-corrected chi connectivity index (χ0v) is 21.0. The number of methoxy groups -OCH3 is 2. The number of carbonyl (C=O) groups is 1. The number of thioether (sulfide) groups is 1. The van der Waals surface area contributed by atoms with Gasteiger partial charge >= 0.3 is 0 Å². The molecular formula is C23H23ClN6O4S. The second-order valence-corrected chi connectivity index (χ2v) is 8.65. The molecule has 0 spiro atoms. The molecule has 0 bridgehead atoms. The third kappa shape index (κ3) is 5.05. The number of ether oxygens (including phenoxy) is 2. The predicted molar refractivity (Wildman–Crippen MR) is 135 cm³/mol. The van der Waals surface area contributed by atoms with Crippen molar-refractivity contribution in [2.24, 2.45) is 0 Å². The number of nitrogens with one attached hydrogen (secondary N) is 1. The second kappa shape index (κ2) is 10.3. The van der Waals surface area contributed by atoms with Crippen molar-refractivity contribution in [2.45, 2.75) is 18.5 Å². The van der Waals surface area contributed by atoms with Crippen LogP contribution in [0.1, 0.15) is 5.56 Å². The molecule has 0 aliphatic carbocycles. The van der Waals surface area contributed by atoms with Crippen molar-refractivity contribution in [2.75, 3.05) is 31.5 Å². The number of nitrogen functional groups attached to an aromatic ring is 1. The highest BCUT2D eigenvalue weighted by Gasteiger charge is 2.24. The topological polar surface area (TPSA) is 130 Å². The number of benzene rings is 2. The number of anilines is 2. The van der Waals surface area contributed by atoms with Crippen molar-refractivity contribution in [1.82, 2.24) is 19.9 Å². The van der Waals surface area contributed by atoms with Gasteiger partial charge in [0.25, 0.3) is 5.89 Å². The average Bonchev–Trinajstić information content (AvgIpc) is 3.44. The van der Waals surface area contributed by atoms with Crippen LogP contribution in [-0.2, 0) is 11.3 Å². The zero-order valence-electron chi connectivity index (χ0n) is 19.5. The summed E-state index contributed by atoms with van der Waals surface area (Å²) in [6.45, 7) is 1.84. The van der Waals surface area contributed by atoms with E-state index < -0.39 is 0 Å². The summed E-state index contributed by atoms with van der Waals surface area (Å²) in [4.78, 5) is 17.3. The van der Waals surface area contributed by atoms with Crippen LogP contribution >= 0.6 is 23.4 Å². The third-order valence-corrected chi connectivity index (χ3v) is 6.11. The molecule has 4 rings (SSSR count). The van der Waals surface area contributed by atoms with E-state index in [0.717, 1.165) is 11.1 Å². The molecule has 0 atom stereocenters. The van der Waals surface area contributed by atoms with Gasteiger partial charge in [0.2, 0.25) is 11.7 Å². The van der Waals surface area contributed by atoms with E-state index in [1.807, 2.05) is 37.4 Å². The summed E-state index contributed by atoms with van der Waals surface area (Å²) in [6, 6.07) is 10.9. The number of hydrogen-bond donors (Lipinski definition) is 2.